The van der Waals surface area contributed by atoms with Crippen LogP contribution in [0, 0.1) is 0 Å². The standard InChI is InChI=1S/C24H27NO4Si/c1-16(26)25-19-15-20(22-23(28-22)21(19)27)29-30(24(2,3)4,17-11-7-5-8-12-17)18-13-9-6-10-14-18/h5-15,20,22-23H,1-4H3,(H,25,26)/t20-,22-,23+/m0/s1. The van der Waals surface area contributed by atoms with E-state index in [2.05, 4.69) is 50.4 Å². The molecular weight excluding hydrogens is 394 g/mol. The van der Waals surface area contributed by atoms with Crippen LogP contribution in [0.1, 0.15) is 27.7 Å². The Morgan fingerprint density at radius 2 is 1.53 bits per heavy atom. The fraction of sp³-hybridized carbons (Fsp3) is 0.333. The molecule has 2 aromatic carbocycles. The van der Waals surface area contributed by atoms with Crippen LogP contribution in [0.3, 0.4) is 0 Å². The molecule has 1 aliphatic heterocycles. The van der Waals surface area contributed by atoms with Crippen molar-refractivity contribution in [3.8, 4) is 0 Å². The van der Waals surface area contributed by atoms with E-state index in [4.69, 9.17) is 9.16 Å². The predicted molar refractivity (Wildman–Crippen MR) is 118 cm³/mol. The fourth-order valence-corrected chi connectivity index (χ4v) is 8.99. The van der Waals surface area contributed by atoms with E-state index < -0.39 is 20.5 Å². The molecule has 6 heteroatoms. The molecule has 1 amide bonds. The quantitative estimate of drug-likeness (QED) is 0.594. The lowest BCUT2D eigenvalue weighted by molar-refractivity contribution is -0.122. The molecule has 0 aromatic heterocycles. The lowest BCUT2D eigenvalue weighted by Gasteiger charge is -2.45. The van der Waals surface area contributed by atoms with Crippen molar-refractivity contribution in [3.63, 3.8) is 0 Å². The molecule has 1 saturated heterocycles. The molecule has 4 rings (SSSR count). The zero-order valence-corrected chi connectivity index (χ0v) is 18.7. The van der Waals surface area contributed by atoms with Gasteiger partial charge in [-0.05, 0) is 21.5 Å². The molecule has 3 atom stereocenters. The number of epoxide rings is 1. The Bertz CT molecular complexity index is 942. The minimum atomic E-state index is -2.79. The van der Waals surface area contributed by atoms with Crippen molar-refractivity contribution < 1.29 is 18.8 Å². The minimum absolute atomic E-state index is 0.183. The highest BCUT2D eigenvalue weighted by Gasteiger charge is 2.59. The van der Waals surface area contributed by atoms with Gasteiger partial charge in [0.1, 0.15) is 6.10 Å². The van der Waals surface area contributed by atoms with Gasteiger partial charge in [-0.1, -0.05) is 81.4 Å². The molecule has 156 valence electrons. The first-order valence-corrected chi connectivity index (χ1v) is 12.1. The number of nitrogens with one attached hydrogen (secondary N) is 1. The van der Waals surface area contributed by atoms with Gasteiger partial charge in [-0.3, -0.25) is 9.59 Å². The predicted octanol–water partition coefficient (Wildman–Crippen LogP) is 2.30. The number of ketones is 1. The highest BCUT2D eigenvalue weighted by Crippen LogP contribution is 2.42. The Kier molecular flexibility index (Phi) is 5.26. The SMILES string of the molecule is CC(=O)NC1=C[C@H](O[Si](c2ccccc2)(c2ccccc2)C(C)(C)C)[C@@H]2O[C@@H]2C1=O. The summed E-state index contributed by atoms with van der Waals surface area (Å²) in [6.45, 7) is 8.01. The molecule has 1 heterocycles. The van der Waals surface area contributed by atoms with Crippen molar-refractivity contribution >= 4 is 30.4 Å². The lowest BCUT2D eigenvalue weighted by atomic mass is 10.0. The Balaban J connectivity index is 1.84. The number of carbonyl (C=O) groups is 2. The second kappa shape index (κ2) is 7.61. The number of rotatable bonds is 5. The van der Waals surface area contributed by atoms with Gasteiger partial charge in [0, 0.05) is 6.92 Å². The smallest absolute Gasteiger partial charge is 0.262 e. The number of hydrogen-bond acceptors (Lipinski definition) is 4. The van der Waals surface area contributed by atoms with Crippen LogP contribution in [-0.2, 0) is 18.8 Å². The summed E-state index contributed by atoms with van der Waals surface area (Å²) >= 11 is 0. The summed E-state index contributed by atoms with van der Waals surface area (Å²) in [5, 5.41) is 4.78. The molecule has 5 nitrogen and oxygen atoms in total. The first-order valence-electron chi connectivity index (χ1n) is 10.2. The summed E-state index contributed by atoms with van der Waals surface area (Å²) in [4.78, 5) is 24.1. The first kappa shape index (κ1) is 20.7. The number of Topliss-reactive ketones (excluding diaryl/α,β-unsaturated/α-hetero) is 1. The number of fused-ring (bicyclic) bond motifs is 1. The molecule has 1 aliphatic carbocycles. The van der Waals surface area contributed by atoms with Gasteiger partial charge in [0.15, 0.2) is 6.10 Å². The van der Waals surface area contributed by atoms with Crippen molar-refractivity contribution in [1.29, 1.82) is 0 Å². The minimum Gasteiger partial charge on any atom is -0.398 e. The van der Waals surface area contributed by atoms with Crippen molar-refractivity contribution in [1.82, 2.24) is 5.32 Å². The molecule has 1 fully saturated rings. The number of hydrogen-bond donors (Lipinski definition) is 1. The summed E-state index contributed by atoms with van der Waals surface area (Å²) in [5.41, 5.74) is 0.268. The summed E-state index contributed by atoms with van der Waals surface area (Å²) in [5.74, 6) is -0.463. The number of ether oxygens (including phenoxy) is 1. The monoisotopic (exact) mass is 421 g/mol. The van der Waals surface area contributed by atoms with Crippen LogP contribution in [0.5, 0.6) is 0 Å². The number of amides is 1. The molecule has 0 spiro atoms. The maximum absolute atomic E-state index is 12.5. The molecule has 0 saturated carbocycles. The molecule has 2 aromatic rings. The van der Waals surface area contributed by atoms with Crippen LogP contribution in [0.4, 0.5) is 0 Å². The number of carbonyl (C=O) groups excluding carboxylic acids is 2. The number of benzene rings is 2. The van der Waals surface area contributed by atoms with E-state index >= 15 is 0 Å². The van der Waals surface area contributed by atoms with Crippen molar-refractivity contribution in [2.45, 2.75) is 51.0 Å². The van der Waals surface area contributed by atoms with E-state index in [1.807, 2.05) is 36.4 Å². The van der Waals surface area contributed by atoms with Gasteiger partial charge in [0.2, 0.25) is 11.7 Å². The van der Waals surface area contributed by atoms with Gasteiger partial charge in [-0.15, -0.1) is 0 Å². The van der Waals surface area contributed by atoms with Gasteiger partial charge in [0.25, 0.3) is 8.32 Å². The molecule has 2 aliphatic rings. The third-order valence-corrected chi connectivity index (χ3v) is 10.8. The summed E-state index contributed by atoms with van der Waals surface area (Å²) in [7, 11) is -2.79. The molecular formula is C24H27NO4Si. The average Bonchev–Trinajstić information content (AvgIpc) is 3.51. The van der Waals surface area contributed by atoms with E-state index in [1.165, 1.54) is 6.92 Å². The van der Waals surface area contributed by atoms with E-state index in [1.54, 1.807) is 6.08 Å². The third-order valence-electron chi connectivity index (χ3n) is 5.74. The Labute approximate surface area is 178 Å². The second-order valence-corrected chi connectivity index (χ2v) is 13.1. The van der Waals surface area contributed by atoms with Crippen LogP contribution in [0.15, 0.2) is 72.4 Å². The van der Waals surface area contributed by atoms with Crippen molar-refractivity contribution in [2.75, 3.05) is 0 Å². The topological polar surface area (TPSA) is 67.9 Å². The van der Waals surface area contributed by atoms with Crippen LogP contribution < -0.4 is 15.7 Å². The van der Waals surface area contributed by atoms with Gasteiger partial charge in [-0.25, -0.2) is 0 Å². The maximum atomic E-state index is 12.5. The van der Waals surface area contributed by atoms with Crippen LogP contribution in [0.2, 0.25) is 5.04 Å². The van der Waals surface area contributed by atoms with Gasteiger partial charge in [0.05, 0.1) is 11.8 Å². The van der Waals surface area contributed by atoms with E-state index in [0.29, 0.717) is 0 Å². The second-order valence-electron chi connectivity index (χ2n) is 8.89. The Morgan fingerprint density at radius 3 is 2.00 bits per heavy atom. The molecule has 0 unspecified atom stereocenters. The largest absolute Gasteiger partial charge is 0.398 e. The maximum Gasteiger partial charge on any atom is 0.262 e. The lowest BCUT2D eigenvalue weighted by Crippen LogP contribution is -2.68. The van der Waals surface area contributed by atoms with Gasteiger partial charge >= 0.3 is 0 Å². The van der Waals surface area contributed by atoms with Crippen LogP contribution in [-0.4, -0.2) is 38.3 Å². The fourth-order valence-electron chi connectivity index (χ4n) is 4.37. The average molecular weight is 422 g/mol. The van der Waals surface area contributed by atoms with Crippen molar-refractivity contribution in [2.24, 2.45) is 0 Å². The Hall–Kier alpha value is -2.54. The van der Waals surface area contributed by atoms with Crippen molar-refractivity contribution in [3.05, 3.63) is 72.4 Å². The Morgan fingerprint density at radius 1 is 1.00 bits per heavy atom. The van der Waals surface area contributed by atoms with Gasteiger partial charge in [-0.2, -0.15) is 0 Å². The van der Waals surface area contributed by atoms with Gasteiger partial charge < -0.3 is 14.5 Å². The molecule has 30 heavy (non-hydrogen) atoms. The zero-order valence-electron chi connectivity index (χ0n) is 17.7. The van der Waals surface area contributed by atoms with E-state index in [9.17, 15) is 9.59 Å². The van der Waals surface area contributed by atoms with Crippen LogP contribution >= 0.6 is 0 Å². The van der Waals surface area contributed by atoms with Crippen LogP contribution in [0.25, 0.3) is 0 Å². The third kappa shape index (κ3) is 3.55. The normalized spacial score (nSPS) is 23.4. The molecule has 0 bridgehead atoms. The highest BCUT2D eigenvalue weighted by atomic mass is 28.4. The van der Waals surface area contributed by atoms with E-state index in [0.717, 1.165) is 10.4 Å². The van der Waals surface area contributed by atoms with E-state index in [-0.39, 0.29) is 28.5 Å². The zero-order chi connectivity index (χ0) is 21.5. The summed E-state index contributed by atoms with van der Waals surface area (Å²) in [6.07, 6.45) is 0.467. The summed E-state index contributed by atoms with van der Waals surface area (Å²) in [6, 6.07) is 20.7. The summed E-state index contributed by atoms with van der Waals surface area (Å²) < 4.78 is 12.8. The molecule has 0 radical (unpaired) electrons. The molecule has 1 N–H and O–H groups in total. The first-order chi connectivity index (χ1) is 14.2. The highest BCUT2D eigenvalue weighted by molar-refractivity contribution is 6.99.